The van der Waals surface area contributed by atoms with Gasteiger partial charge in [-0.15, -0.1) is 11.3 Å². The van der Waals surface area contributed by atoms with E-state index in [1.807, 2.05) is 40.7 Å². The van der Waals surface area contributed by atoms with Crippen LogP contribution < -0.4 is 30.7 Å². The first-order chi connectivity index (χ1) is 16.9. The van der Waals surface area contributed by atoms with Crippen LogP contribution in [0.25, 0.3) is 11.8 Å². The first-order valence-corrected chi connectivity index (χ1v) is 12.7. The largest absolute Gasteiger partial charge is 0.394 e. The zero-order valence-corrected chi connectivity index (χ0v) is 22.5. The number of hydrogen-bond acceptors (Lipinski definition) is 7. The molecule has 36 heavy (non-hydrogen) atoms. The zero-order valence-electron chi connectivity index (χ0n) is 21.6. The molecule has 1 aromatic heterocycles. The third kappa shape index (κ3) is 7.54. The molecule has 0 bridgehead atoms. The minimum atomic E-state index is -0.623. The SMILES string of the molecule is CCn1c(=C(C#N)C(=O)N[C@@H](CO)CC(C)C)sc(=CNc2cccc(NC(=O)C(C)(C)C)c2)c1=O. The Morgan fingerprint density at radius 2 is 1.92 bits per heavy atom. The molecule has 2 rings (SSSR count). The lowest BCUT2D eigenvalue weighted by Gasteiger charge is -2.18. The van der Waals surface area contributed by atoms with Crippen molar-refractivity contribution in [3.8, 4) is 6.07 Å². The molecule has 0 saturated heterocycles. The summed E-state index contributed by atoms with van der Waals surface area (Å²) < 4.78 is 1.95. The average Bonchev–Trinajstić information content (AvgIpc) is 3.11. The third-order valence-electron chi connectivity index (χ3n) is 5.26. The standard InChI is InChI=1S/C26H35N5O4S/c1-7-31-23(34)21(14-28-17-9-8-10-18(12-17)30-25(35)26(4,5)6)36-24(31)20(13-27)22(33)29-19(15-32)11-16(2)3/h8-10,12,14,16,19,28,32H,7,11,15H2,1-6H3,(H,29,33)(H,30,35)/t19-/m1/s1. The van der Waals surface area contributed by atoms with Crippen LogP contribution in [0.15, 0.2) is 29.1 Å². The van der Waals surface area contributed by atoms with Crippen molar-refractivity contribution in [3.63, 3.8) is 0 Å². The Labute approximate surface area is 215 Å². The van der Waals surface area contributed by atoms with Gasteiger partial charge in [-0.3, -0.25) is 19.0 Å². The number of amides is 2. The molecular weight excluding hydrogens is 478 g/mol. The van der Waals surface area contributed by atoms with Crippen molar-refractivity contribution in [2.24, 2.45) is 11.3 Å². The van der Waals surface area contributed by atoms with Crippen LogP contribution in [-0.4, -0.2) is 34.1 Å². The molecule has 0 spiro atoms. The van der Waals surface area contributed by atoms with Crippen LogP contribution in [0, 0.1) is 22.7 Å². The van der Waals surface area contributed by atoms with E-state index in [4.69, 9.17) is 0 Å². The Morgan fingerprint density at radius 1 is 1.25 bits per heavy atom. The van der Waals surface area contributed by atoms with E-state index in [0.29, 0.717) is 22.3 Å². The molecule has 1 aromatic carbocycles. The molecule has 1 atom stereocenters. The van der Waals surface area contributed by atoms with Gasteiger partial charge in [-0.2, -0.15) is 5.26 Å². The number of hydrogen-bond donors (Lipinski definition) is 4. The van der Waals surface area contributed by atoms with Crippen molar-refractivity contribution in [1.82, 2.24) is 9.88 Å². The fraction of sp³-hybridized carbons (Fsp3) is 0.462. The minimum absolute atomic E-state index is 0.118. The molecule has 2 amide bonds. The van der Waals surface area contributed by atoms with Gasteiger partial charge in [0.2, 0.25) is 5.91 Å². The number of anilines is 2. The number of aliphatic hydroxyl groups excluding tert-OH is 1. The van der Waals surface area contributed by atoms with Gasteiger partial charge in [0.05, 0.1) is 12.6 Å². The van der Waals surface area contributed by atoms with Crippen molar-refractivity contribution in [2.45, 2.75) is 60.5 Å². The lowest BCUT2D eigenvalue weighted by atomic mass is 9.95. The molecule has 1 heterocycles. The lowest BCUT2D eigenvalue weighted by Crippen LogP contribution is -2.41. The number of rotatable bonds is 9. The lowest BCUT2D eigenvalue weighted by molar-refractivity contribution is -0.123. The van der Waals surface area contributed by atoms with Gasteiger partial charge in [0, 0.05) is 29.5 Å². The second-order valence-corrected chi connectivity index (χ2v) is 10.9. The van der Waals surface area contributed by atoms with Gasteiger partial charge >= 0.3 is 0 Å². The third-order valence-corrected chi connectivity index (χ3v) is 6.39. The fourth-order valence-corrected chi connectivity index (χ4v) is 4.43. The maximum absolute atomic E-state index is 13.0. The van der Waals surface area contributed by atoms with Gasteiger partial charge in [-0.1, -0.05) is 40.7 Å². The van der Waals surface area contributed by atoms with Crippen molar-refractivity contribution in [3.05, 3.63) is 43.8 Å². The topological polar surface area (TPSA) is 136 Å². The maximum atomic E-state index is 13.0. The highest BCUT2D eigenvalue weighted by Gasteiger charge is 2.21. The predicted molar refractivity (Wildman–Crippen MR) is 144 cm³/mol. The van der Waals surface area contributed by atoms with Crippen LogP contribution in [-0.2, 0) is 16.1 Å². The smallest absolute Gasteiger partial charge is 0.270 e. The van der Waals surface area contributed by atoms with Gasteiger partial charge in [0.1, 0.15) is 15.3 Å². The summed E-state index contributed by atoms with van der Waals surface area (Å²) in [4.78, 5) is 38.1. The van der Waals surface area contributed by atoms with Gasteiger partial charge in [-0.25, -0.2) is 0 Å². The molecule has 0 radical (unpaired) electrons. The van der Waals surface area contributed by atoms with E-state index in [0.717, 1.165) is 11.3 Å². The van der Waals surface area contributed by atoms with Crippen molar-refractivity contribution in [1.29, 1.82) is 5.26 Å². The summed E-state index contributed by atoms with van der Waals surface area (Å²) in [6, 6.07) is 8.53. The summed E-state index contributed by atoms with van der Waals surface area (Å²) in [5, 5.41) is 27.9. The second-order valence-electron chi connectivity index (χ2n) is 9.86. The van der Waals surface area contributed by atoms with Crippen LogP contribution in [0.1, 0.15) is 48.0 Å². The molecule has 0 aliphatic rings. The summed E-state index contributed by atoms with van der Waals surface area (Å²) in [5.74, 6) is -0.495. The summed E-state index contributed by atoms with van der Waals surface area (Å²) in [7, 11) is 0. The molecule has 4 N–H and O–H groups in total. The highest BCUT2D eigenvalue weighted by molar-refractivity contribution is 7.07. The van der Waals surface area contributed by atoms with E-state index in [-0.39, 0.29) is 40.8 Å². The number of carbonyl (C=O) groups is 2. The van der Waals surface area contributed by atoms with Crippen LogP contribution >= 0.6 is 11.3 Å². The molecule has 0 fully saturated rings. The van der Waals surface area contributed by atoms with E-state index in [2.05, 4.69) is 16.0 Å². The molecular formula is C26H35N5O4S. The number of thiazole rings is 1. The Bertz CT molecular complexity index is 1310. The first-order valence-electron chi connectivity index (χ1n) is 11.8. The minimum Gasteiger partial charge on any atom is -0.394 e. The van der Waals surface area contributed by atoms with Crippen molar-refractivity contribution in [2.75, 3.05) is 17.2 Å². The van der Waals surface area contributed by atoms with Crippen molar-refractivity contribution < 1.29 is 14.7 Å². The Morgan fingerprint density at radius 3 is 2.47 bits per heavy atom. The van der Waals surface area contributed by atoms with Crippen LogP contribution in [0.5, 0.6) is 0 Å². The van der Waals surface area contributed by atoms with E-state index >= 15 is 0 Å². The molecule has 10 heteroatoms. The van der Waals surface area contributed by atoms with Gasteiger partial charge in [0.25, 0.3) is 11.5 Å². The molecule has 2 aromatic rings. The van der Waals surface area contributed by atoms with E-state index < -0.39 is 17.4 Å². The monoisotopic (exact) mass is 513 g/mol. The average molecular weight is 514 g/mol. The molecule has 0 unspecified atom stereocenters. The number of nitrogens with zero attached hydrogens (tertiary/aromatic N) is 2. The van der Waals surface area contributed by atoms with Crippen LogP contribution in [0.2, 0.25) is 0 Å². The highest BCUT2D eigenvalue weighted by atomic mass is 32.1. The van der Waals surface area contributed by atoms with Gasteiger partial charge < -0.3 is 21.1 Å². The van der Waals surface area contributed by atoms with Gasteiger partial charge in [-0.05, 0) is 37.5 Å². The number of carbonyl (C=O) groups excluding carboxylic acids is 2. The van der Waals surface area contributed by atoms with Gasteiger partial charge in [0.15, 0.2) is 5.57 Å². The normalized spacial score (nSPS) is 13.7. The van der Waals surface area contributed by atoms with Crippen LogP contribution in [0.4, 0.5) is 11.4 Å². The van der Waals surface area contributed by atoms with Crippen LogP contribution in [0.3, 0.4) is 0 Å². The molecule has 0 saturated carbocycles. The Kier molecular flexibility index (Phi) is 10.0. The summed E-state index contributed by atoms with van der Waals surface area (Å²) in [6.45, 7) is 11.2. The quantitative estimate of drug-likeness (QED) is 0.405. The zero-order chi connectivity index (χ0) is 27.0. The molecule has 194 valence electrons. The number of nitriles is 1. The maximum Gasteiger partial charge on any atom is 0.270 e. The van der Waals surface area contributed by atoms with E-state index in [1.165, 1.54) is 10.8 Å². The second kappa shape index (κ2) is 12.5. The van der Waals surface area contributed by atoms with E-state index in [9.17, 15) is 24.8 Å². The van der Waals surface area contributed by atoms with Crippen molar-refractivity contribution >= 4 is 46.3 Å². The fourth-order valence-electron chi connectivity index (χ4n) is 3.35. The summed E-state index contributed by atoms with van der Waals surface area (Å²) in [5.41, 5.74) is 0.224. The Hall–Kier alpha value is -3.42. The van der Waals surface area contributed by atoms with E-state index in [1.54, 1.807) is 31.2 Å². The first kappa shape index (κ1) is 28.8. The molecule has 9 nitrogen and oxygen atoms in total. The highest BCUT2D eigenvalue weighted by Crippen LogP contribution is 2.20. The predicted octanol–water partition coefficient (Wildman–Crippen LogP) is 1.96. The summed E-state index contributed by atoms with van der Waals surface area (Å²) >= 11 is 1.04. The molecule has 0 aliphatic heterocycles. The number of benzene rings is 1. The summed E-state index contributed by atoms with van der Waals surface area (Å²) in [6.07, 6.45) is 2.08. The number of aromatic nitrogens is 1. The number of aliphatic hydroxyl groups is 1. The number of nitrogens with one attached hydrogen (secondary N) is 3. The molecule has 0 aliphatic carbocycles. The Balaban J connectivity index is 2.41.